The van der Waals surface area contributed by atoms with Gasteiger partial charge >= 0.3 is 6.03 Å². The summed E-state index contributed by atoms with van der Waals surface area (Å²) < 4.78 is -0.546. The Bertz CT molecular complexity index is 919. The molecule has 0 spiro atoms. The molecule has 3 fully saturated rings. The van der Waals surface area contributed by atoms with Crippen molar-refractivity contribution in [2.45, 2.75) is 76.1 Å². The van der Waals surface area contributed by atoms with Gasteiger partial charge < -0.3 is 15.1 Å². The lowest BCUT2D eigenvalue weighted by atomic mass is 9.81. The van der Waals surface area contributed by atoms with Crippen LogP contribution < -0.4 is 10.8 Å². The Morgan fingerprint density at radius 1 is 1.11 bits per heavy atom. The van der Waals surface area contributed by atoms with Gasteiger partial charge in [-0.1, -0.05) is 25.7 Å². The summed E-state index contributed by atoms with van der Waals surface area (Å²) in [6.45, 7) is 6.69. The predicted molar refractivity (Wildman–Crippen MR) is 134 cm³/mol. The SMILES string of the molecule is CNC(=O)[C@H]1N(C(=O)[C@H](CC2CCCC2)C(CN2C(=O)N(C)C(C)(C)C2=O)C(=O)NO)CSC1(C)C. The van der Waals surface area contributed by atoms with Crippen molar-refractivity contribution < 1.29 is 29.2 Å². The van der Waals surface area contributed by atoms with E-state index in [1.807, 2.05) is 13.8 Å². The van der Waals surface area contributed by atoms with Crippen molar-refractivity contribution in [1.82, 2.24) is 25.5 Å². The number of nitrogens with one attached hydrogen (secondary N) is 2. The Morgan fingerprint density at radius 2 is 1.72 bits per heavy atom. The Hall–Kier alpha value is -2.34. The maximum Gasteiger partial charge on any atom is 0.327 e. The van der Waals surface area contributed by atoms with Gasteiger partial charge in [-0.3, -0.25) is 29.3 Å². The Balaban J connectivity index is 1.99. The third kappa shape index (κ3) is 5.06. The molecule has 36 heavy (non-hydrogen) atoms. The third-order valence-corrected chi connectivity index (χ3v) is 9.51. The van der Waals surface area contributed by atoms with E-state index in [2.05, 4.69) is 5.32 Å². The number of nitrogens with zero attached hydrogens (tertiary/aromatic N) is 3. The number of hydrogen-bond donors (Lipinski definition) is 3. The topological polar surface area (TPSA) is 139 Å². The maximum atomic E-state index is 14.1. The molecule has 202 valence electrons. The fourth-order valence-corrected chi connectivity index (χ4v) is 6.76. The monoisotopic (exact) mass is 525 g/mol. The molecule has 0 radical (unpaired) electrons. The summed E-state index contributed by atoms with van der Waals surface area (Å²) >= 11 is 1.48. The van der Waals surface area contributed by atoms with Gasteiger partial charge in [-0.05, 0) is 40.0 Å². The largest absolute Gasteiger partial charge is 0.357 e. The summed E-state index contributed by atoms with van der Waals surface area (Å²) in [6, 6.07) is -1.31. The quantitative estimate of drug-likeness (QED) is 0.247. The highest BCUT2D eigenvalue weighted by molar-refractivity contribution is 8.00. The van der Waals surface area contributed by atoms with Gasteiger partial charge in [0.05, 0.1) is 17.7 Å². The van der Waals surface area contributed by atoms with Crippen LogP contribution in [0.2, 0.25) is 0 Å². The average molecular weight is 526 g/mol. The molecule has 6 amide bonds. The molecule has 1 aliphatic carbocycles. The van der Waals surface area contributed by atoms with E-state index in [9.17, 15) is 29.2 Å². The van der Waals surface area contributed by atoms with Crippen LogP contribution in [0.5, 0.6) is 0 Å². The highest BCUT2D eigenvalue weighted by Gasteiger charge is 2.53. The van der Waals surface area contributed by atoms with Crippen LogP contribution >= 0.6 is 11.8 Å². The van der Waals surface area contributed by atoms with Crippen molar-refractivity contribution in [3.8, 4) is 0 Å². The van der Waals surface area contributed by atoms with Gasteiger partial charge in [0, 0.05) is 25.4 Å². The summed E-state index contributed by atoms with van der Waals surface area (Å²) in [7, 11) is 3.03. The summed E-state index contributed by atoms with van der Waals surface area (Å²) in [6.07, 6.45) is 4.24. The summed E-state index contributed by atoms with van der Waals surface area (Å²) in [5.74, 6) is -3.60. The number of hydroxylamine groups is 1. The first kappa shape index (κ1) is 28.2. The van der Waals surface area contributed by atoms with Crippen LogP contribution in [0, 0.1) is 17.8 Å². The van der Waals surface area contributed by atoms with Gasteiger partial charge in [-0.15, -0.1) is 11.8 Å². The number of rotatable bonds is 8. The van der Waals surface area contributed by atoms with Crippen LogP contribution in [0.3, 0.4) is 0 Å². The van der Waals surface area contributed by atoms with E-state index in [0.717, 1.165) is 30.6 Å². The zero-order valence-electron chi connectivity index (χ0n) is 22.0. The third-order valence-electron chi connectivity index (χ3n) is 8.14. The molecule has 1 saturated carbocycles. The van der Waals surface area contributed by atoms with Gasteiger partial charge in [0.2, 0.25) is 17.7 Å². The second-order valence-corrected chi connectivity index (χ2v) is 12.7. The van der Waals surface area contributed by atoms with Gasteiger partial charge in [0.15, 0.2) is 0 Å². The molecule has 3 atom stereocenters. The van der Waals surface area contributed by atoms with Gasteiger partial charge in [-0.2, -0.15) is 0 Å². The number of carbonyl (C=O) groups excluding carboxylic acids is 5. The lowest BCUT2D eigenvalue weighted by Gasteiger charge is -2.35. The second kappa shape index (κ2) is 10.6. The Kier molecular flexibility index (Phi) is 8.29. The molecule has 0 aromatic carbocycles. The van der Waals surface area contributed by atoms with E-state index in [1.54, 1.807) is 19.3 Å². The average Bonchev–Trinajstić information content (AvgIpc) is 3.50. The molecule has 0 aromatic rings. The molecular weight excluding hydrogens is 486 g/mol. The highest BCUT2D eigenvalue weighted by atomic mass is 32.2. The smallest absolute Gasteiger partial charge is 0.327 e. The lowest BCUT2D eigenvalue weighted by Crippen LogP contribution is -2.56. The molecule has 2 aliphatic heterocycles. The van der Waals surface area contributed by atoms with E-state index in [0.29, 0.717) is 6.42 Å². The molecule has 3 N–H and O–H groups in total. The van der Waals surface area contributed by atoms with Crippen molar-refractivity contribution in [3.05, 3.63) is 0 Å². The first-order valence-electron chi connectivity index (χ1n) is 12.5. The molecule has 12 heteroatoms. The molecule has 1 unspecified atom stereocenters. The van der Waals surface area contributed by atoms with Gasteiger partial charge in [0.25, 0.3) is 5.91 Å². The van der Waals surface area contributed by atoms with Crippen LogP contribution in [-0.4, -0.2) is 92.4 Å². The van der Waals surface area contributed by atoms with E-state index in [-0.39, 0.29) is 30.2 Å². The van der Waals surface area contributed by atoms with Gasteiger partial charge in [-0.25, -0.2) is 10.3 Å². The van der Waals surface area contributed by atoms with Crippen LogP contribution in [0.15, 0.2) is 0 Å². The number of hydrogen-bond acceptors (Lipinski definition) is 7. The number of carbonyl (C=O) groups is 5. The maximum absolute atomic E-state index is 14.1. The molecule has 3 rings (SSSR count). The Morgan fingerprint density at radius 3 is 2.22 bits per heavy atom. The minimum atomic E-state index is -1.17. The zero-order chi connectivity index (χ0) is 27.0. The first-order chi connectivity index (χ1) is 16.8. The zero-order valence-corrected chi connectivity index (χ0v) is 22.8. The summed E-state index contributed by atoms with van der Waals surface area (Å²) in [5, 5.41) is 12.2. The second-order valence-electron chi connectivity index (χ2n) is 11.1. The fraction of sp³-hybridized carbons (Fsp3) is 0.792. The summed E-state index contributed by atoms with van der Waals surface area (Å²) in [4.78, 5) is 69.7. The number of amides is 6. The van der Waals surface area contributed by atoms with Crippen LogP contribution in [0.1, 0.15) is 59.8 Å². The number of urea groups is 1. The number of thioether (sulfide) groups is 1. The van der Waals surface area contributed by atoms with Crippen LogP contribution in [0.4, 0.5) is 4.79 Å². The highest BCUT2D eigenvalue weighted by Crippen LogP contribution is 2.42. The molecule has 0 bridgehead atoms. The molecule has 2 heterocycles. The first-order valence-corrected chi connectivity index (χ1v) is 13.5. The van der Waals surface area contributed by atoms with Crippen molar-refractivity contribution in [2.24, 2.45) is 17.8 Å². The van der Waals surface area contributed by atoms with Crippen molar-refractivity contribution in [1.29, 1.82) is 0 Å². The molecular formula is C24H39N5O6S. The van der Waals surface area contributed by atoms with Crippen molar-refractivity contribution in [2.75, 3.05) is 26.5 Å². The van der Waals surface area contributed by atoms with E-state index >= 15 is 0 Å². The molecule has 0 aromatic heterocycles. The van der Waals surface area contributed by atoms with E-state index < -0.39 is 46.0 Å². The minimum absolute atomic E-state index is 0.193. The van der Waals surface area contributed by atoms with Crippen molar-refractivity contribution in [3.63, 3.8) is 0 Å². The predicted octanol–water partition coefficient (Wildman–Crippen LogP) is 1.40. The number of imide groups is 1. The molecule has 3 aliphatic rings. The van der Waals surface area contributed by atoms with E-state index in [1.165, 1.54) is 35.7 Å². The minimum Gasteiger partial charge on any atom is -0.357 e. The van der Waals surface area contributed by atoms with E-state index in [4.69, 9.17) is 0 Å². The van der Waals surface area contributed by atoms with Crippen molar-refractivity contribution >= 4 is 41.4 Å². The number of likely N-dealkylation sites (N-methyl/N-ethyl adjacent to an activating group) is 2. The van der Waals surface area contributed by atoms with Crippen LogP contribution in [0.25, 0.3) is 0 Å². The van der Waals surface area contributed by atoms with Crippen LogP contribution in [-0.2, 0) is 19.2 Å². The standard InChI is InChI=1S/C24H39N5O6S/c1-23(2)21(33)28(22(34)27(23)6)12-16(18(30)26-35)15(11-14-9-7-8-10-14)20(32)29-13-36-24(3,4)17(29)19(31)25-5/h14-17,35H,7-13H2,1-6H3,(H,25,31)(H,26,30)/t15-,16?,17-/m1/s1. The molecule has 11 nitrogen and oxygen atoms in total. The fourth-order valence-electron chi connectivity index (χ4n) is 5.62. The normalized spacial score (nSPS) is 25.3. The lowest BCUT2D eigenvalue weighted by molar-refractivity contribution is -0.150. The molecule has 2 saturated heterocycles. The van der Waals surface area contributed by atoms with Gasteiger partial charge in [0.1, 0.15) is 11.6 Å². The summed E-state index contributed by atoms with van der Waals surface area (Å²) in [5.41, 5.74) is 0.561. The Labute approximate surface area is 216 Å².